The van der Waals surface area contributed by atoms with Crippen LogP contribution >= 0.6 is 35.0 Å². The van der Waals surface area contributed by atoms with E-state index in [1.807, 2.05) is 0 Å². The Morgan fingerprint density at radius 2 is 2.10 bits per heavy atom. The summed E-state index contributed by atoms with van der Waals surface area (Å²) >= 11 is 13.3. The van der Waals surface area contributed by atoms with Crippen molar-refractivity contribution in [1.82, 2.24) is 5.32 Å². The van der Waals surface area contributed by atoms with Gasteiger partial charge in [-0.3, -0.25) is 4.79 Å². The first-order valence-electron chi connectivity index (χ1n) is 5.91. The number of rotatable bonds is 3. The van der Waals surface area contributed by atoms with Gasteiger partial charge in [0.25, 0.3) is 5.91 Å². The summed E-state index contributed by atoms with van der Waals surface area (Å²) < 4.78 is 0. The molecular formula is C13H12Cl2N2O2S. The van der Waals surface area contributed by atoms with Crippen molar-refractivity contribution in [2.75, 3.05) is 11.5 Å². The third-order valence-electron chi connectivity index (χ3n) is 3.05. The maximum atomic E-state index is 12.1. The predicted octanol–water partition coefficient (Wildman–Crippen LogP) is 2.54. The summed E-state index contributed by atoms with van der Waals surface area (Å²) in [5.41, 5.74) is -0.593. The minimum Gasteiger partial charge on any atom is -0.378 e. The van der Waals surface area contributed by atoms with Crippen molar-refractivity contribution >= 4 is 40.9 Å². The number of carbonyl (C=O) groups excluding carboxylic acids is 1. The number of aliphatic hydroxyl groups excluding tert-OH is 1. The maximum Gasteiger partial charge on any atom is 0.254 e. The monoisotopic (exact) mass is 330 g/mol. The van der Waals surface area contributed by atoms with E-state index in [-0.39, 0.29) is 0 Å². The van der Waals surface area contributed by atoms with Crippen molar-refractivity contribution in [1.29, 1.82) is 5.26 Å². The van der Waals surface area contributed by atoms with Crippen LogP contribution in [0.4, 0.5) is 0 Å². The molecule has 1 aromatic rings. The van der Waals surface area contributed by atoms with Gasteiger partial charge in [0.1, 0.15) is 5.54 Å². The normalized spacial score (nSPS) is 23.1. The van der Waals surface area contributed by atoms with Crippen LogP contribution in [0.15, 0.2) is 18.2 Å². The van der Waals surface area contributed by atoms with Crippen LogP contribution < -0.4 is 5.32 Å². The lowest BCUT2D eigenvalue weighted by molar-refractivity contribution is -0.130. The van der Waals surface area contributed by atoms with Crippen molar-refractivity contribution < 1.29 is 9.90 Å². The number of nitriles is 1. The minimum atomic E-state index is -1.40. The predicted molar refractivity (Wildman–Crippen MR) is 79.9 cm³/mol. The number of thioether (sulfide) groups is 1. The van der Waals surface area contributed by atoms with Gasteiger partial charge in [-0.25, -0.2) is 0 Å². The second-order valence-electron chi connectivity index (χ2n) is 4.59. The fourth-order valence-electron chi connectivity index (χ4n) is 1.97. The Hall–Kier alpha value is -0.930. The second-order valence-corrected chi connectivity index (χ2v) is 6.57. The molecular weight excluding hydrogens is 319 g/mol. The van der Waals surface area contributed by atoms with E-state index < -0.39 is 17.6 Å². The SMILES string of the molecule is N#CC1(NC(=O)C(O)c2cc(Cl)cc(Cl)c2)CCSC1. The molecule has 0 spiro atoms. The summed E-state index contributed by atoms with van der Waals surface area (Å²) in [6, 6.07) is 6.58. The summed E-state index contributed by atoms with van der Waals surface area (Å²) in [5.74, 6) is 0.720. The van der Waals surface area contributed by atoms with Crippen LogP contribution in [0.3, 0.4) is 0 Å². The lowest BCUT2D eigenvalue weighted by Gasteiger charge is -2.23. The van der Waals surface area contributed by atoms with E-state index in [2.05, 4.69) is 11.4 Å². The van der Waals surface area contributed by atoms with Crippen LogP contribution in [0.5, 0.6) is 0 Å². The molecule has 0 saturated carbocycles. The molecule has 1 fully saturated rings. The van der Waals surface area contributed by atoms with E-state index in [0.29, 0.717) is 27.8 Å². The molecule has 1 amide bonds. The first-order valence-corrected chi connectivity index (χ1v) is 7.82. The zero-order chi connectivity index (χ0) is 14.8. The molecule has 2 rings (SSSR count). The highest BCUT2D eigenvalue weighted by atomic mass is 35.5. The van der Waals surface area contributed by atoms with E-state index in [1.54, 1.807) is 11.8 Å². The lowest BCUT2D eigenvalue weighted by Crippen LogP contribution is -2.49. The zero-order valence-corrected chi connectivity index (χ0v) is 12.7. The van der Waals surface area contributed by atoms with Crippen LogP contribution in [0.25, 0.3) is 0 Å². The van der Waals surface area contributed by atoms with Gasteiger partial charge in [-0.05, 0) is 35.9 Å². The van der Waals surface area contributed by atoms with Crippen LogP contribution in [-0.4, -0.2) is 28.1 Å². The number of halogens is 2. The van der Waals surface area contributed by atoms with E-state index in [1.165, 1.54) is 18.2 Å². The van der Waals surface area contributed by atoms with Crippen LogP contribution in [0.1, 0.15) is 18.1 Å². The van der Waals surface area contributed by atoms with Crippen LogP contribution in [0.2, 0.25) is 10.0 Å². The minimum absolute atomic E-state index is 0.304. The summed E-state index contributed by atoms with van der Waals surface area (Å²) in [5, 5.41) is 22.6. The van der Waals surface area contributed by atoms with Crippen molar-refractivity contribution in [3.05, 3.63) is 33.8 Å². The number of hydrogen-bond donors (Lipinski definition) is 2. The maximum absolute atomic E-state index is 12.1. The molecule has 0 radical (unpaired) electrons. The molecule has 2 atom stereocenters. The summed E-state index contributed by atoms with van der Waals surface area (Å²) in [7, 11) is 0. The molecule has 7 heteroatoms. The molecule has 2 unspecified atom stereocenters. The van der Waals surface area contributed by atoms with Gasteiger partial charge in [-0.15, -0.1) is 0 Å². The molecule has 1 aliphatic rings. The fourth-order valence-corrected chi connectivity index (χ4v) is 3.78. The molecule has 1 heterocycles. The van der Waals surface area contributed by atoms with Gasteiger partial charge in [-0.2, -0.15) is 17.0 Å². The highest BCUT2D eigenvalue weighted by molar-refractivity contribution is 7.99. The number of hydrogen-bond acceptors (Lipinski definition) is 4. The molecule has 1 saturated heterocycles. The molecule has 0 aromatic heterocycles. The Labute approximate surface area is 131 Å². The van der Waals surface area contributed by atoms with E-state index in [0.717, 1.165) is 5.75 Å². The molecule has 106 valence electrons. The number of amides is 1. The Balaban J connectivity index is 2.14. The first kappa shape index (κ1) is 15.5. The van der Waals surface area contributed by atoms with Crippen molar-refractivity contribution in [2.45, 2.75) is 18.1 Å². The average Bonchev–Trinajstić information content (AvgIpc) is 2.85. The molecule has 0 aliphatic carbocycles. The van der Waals surface area contributed by atoms with Gasteiger partial charge in [0.15, 0.2) is 6.10 Å². The number of carbonyl (C=O) groups is 1. The van der Waals surface area contributed by atoms with E-state index in [4.69, 9.17) is 23.2 Å². The van der Waals surface area contributed by atoms with Gasteiger partial charge in [0, 0.05) is 15.8 Å². The van der Waals surface area contributed by atoms with Crippen molar-refractivity contribution in [3.8, 4) is 6.07 Å². The Kier molecular flexibility index (Phi) is 4.82. The third kappa shape index (κ3) is 3.39. The van der Waals surface area contributed by atoms with Gasteiger partial charge < -0.3 is 10.4 Å². The highest BCUT2D eigenvalue weighted by Gasteiger charge is 2.37. The zero-order valence-electron chi connectivity index (χ0n) is 10.4. The van der Waals surface area contributed by atoms with Crippen molar-refractivity contribution in [2.24, 2.45) is 0 Å². The Morgan fingerprint density at radius 1 is 1.45 bits per heavy atom. The van der Waals surface area contributed by atoms with E-state index >= 15 is 0 Å². The van der Waals surface area contributed by atoms with E-state index in [9.17, 15) is 15.2 Å². The lowest BCUT2D eigenvalue weighted by atomic mass is 10.00. The number of benzene rings is 1. The summed E-state index contributed by atoms with van der Waals surface area (Å²) in [4.78, 5) is 12.1. The smallest absolute Gasteiger partial charge is 0.254 e. The number of nitrogens with zero attached hydrogens (tertiary/aromatic N) is 1. The van der Waals surface area contributed by atoms with Gasteiger partial charge >= 0.3 is 0 Å². The highest BCUT2D eigenvalue weighted by Crippen LogP contribution is 2.29. The first-order chi connectivity index (χ1) is 9.46. The molecule has 2 N–H and O–H groups in total. The van der Waals surface area contributed by atoms with Crippen LogP contribution in [0, 0.1) is 11.3 Å². The molecule has 1 aromatic carbocycles. The topological polar surface area (TPSA) is 73.1 Å². The molecule has 1 aliphatic heterocycles. The van der Waals surface area contributed by atoms with Gasteiger partial charge in [-0.1, -0.05) is 23.2 Å². The van der Waals surface area contributed by atoms with Gasteiger partial charge in [0.05, 0.1) is 6.07 Å². The largest absolute Gasteiger partial charge is 0.378 e. The Morgan fingerprint density at radius 3 is 2.60 bits per heavy atom. The summed E-state index contributed by atoms with van der Waals surface area (Å²) in [6.07, 6.45) is -0.829. The quantitative estimate of drug-likeness (QED) is 0.893. The van der Waals surface area contributed by atoms with Crippen molar-refractivity contribution in [3.63, 3.8) is 0 Å². The van der Waals surface area contributed by atoms with Gasteiger partial charge in [0.2, 0.25) is 0 Å². The number of aliphatic hydroxyl groups is 1. The molecule has 0 bridgehead atoms. The number of nitrogens with one attached hydrogen (secondary N) is 1. The average molecular weight is 331 g/mol. The third-order valence-corrected chi connectivity index (χ3v) is 4.67. The van der Waals surface area contributed by atoms with Crippen LogP contribution in [-0.2, 0) is 4.79 Å². The fraction of sp³-hybridized carbons (Fsp3) is 0.385. The molecule has 4 nitrogen and oxygen atoms in total. The standard InChI is InChI=1S/C13H12Cl2N2O2S/c14-9-3-8(4-10(15)5-9)11(18)12(19)17-13(6-16)1-2-20-7-13/h3-5,11,18H,1-2,7H2,(H,17,19). The second kappa shape index (κ2) is 6.23. The Bertz CT molecular complexity index is 548. The molecule has 20 heavy (non-hydrogen) atoms. The summed E-state index contributed by atoms with van der Waals surface area (Å²) in [6.45, 7) is 0.